The average Bonchev–Trinajstić information content (AvgIpc) is 3.27. The Labute approximate surface area is 229 Å². The van der Waals surface area contributed by atoms with Crippen molar-refractivity contribution in [2.24, 2.45) is 0 Å². The summed E-state index contributed by atoms with van der Waals surface area (Å²) in [5.41, 5.74) is 3.16. The minimum atomic E-state index is -4.60. The number of halogens is 3. The average molecular weight is 550 g/mol. The second-order valence-corrected chi connectivity index (χ2v) is 9.82. The Morgan fingerprint density at radius 3 is 2.21 bits per heavy atom. The molecular weight excluding hydrogens is 507 g/mol. The smallest absolute Gasteiger partial charge is 0.417 e. The van der Waals surface area contributed by atoms with Crippen molar-refractivity contribution in [3.63, 3.8) is 0 Å². The normalized spacial score (nSPS) is 14.7. The van der Waals surface area contributed by atoms with Crippen LogP contribution in [0.5, 0.6) is 5.75 Å². The van der Waals surface area contributed by atoms with E-state index in [-0.39, 0.29) is 19.0 Å². The van der Waals surface area contributed by atoms with Crippen molar-refractivity contribution in [1.29, 1.82) is 0 Å². The Morgan fingerprint density at radius 2 is 1.67 bits per heavy atom. The van der Waals surface area contributed by atoms with E-state index >= 15 is 0 Å². The van der Waals surface area contributed by atoms with Crippen LogP contribution < -0.4 is 4.74 Å². The number of rotatable bonds is 5. The van der Waals surface area contributed by atoms with Crippen LogP contribution in [0.15, 0.2) is 36.4 Å². The van der Waals surface area contributed by atoms with Gasteiger partial charge in [0, 0.05) is 32.9 Å². The monoisotopic (exact) mass is 549 g/mol. The van der Waals surface area contributed by atoms with Gasteiger partial charge >= 0.3 is 6.18 Å². The molecule has 2 heterocycles. The van der Waals surface area contributed by atoms with Gasteiger partial charge in [0.1, 0.15) is 11.6 Å². The Kier molecular flexibility index (Phi) is 11.8. The zero-order chi connectivity index (χ0) is 29.2. The molecule has 6 nitrogen and oxygen atoms in total. The highest BCUT2D eigenvalue weighted by Crippen LogP contribution is 2.38. The third-order valence-electron chi connectivity index (χ3n) is 6.40. The summed E-state index contributed by atoms with van der Waals surface area (Å²) in [6.07, 6.45) is -2.22. The van der Waals surface area contributed by atoms with Gasteiger partial charge in [0.2, 0.25) is 5.91 Å². The summed E-state index contributed by atoms with van der Waals surface area (Å²) in [5, 5.41) is 9.24. The van der Waals surface area contributed by atoms with Crippen LogP contribution in [0.25, 0.3) is 22.2 Å². The molecule has 9 heteroatoms. The molecule has 4 rings (SSSR count). The number of hydrogen-bond donors (Lipinski definition) is 2. The number of carbonyl (C=O) groups is 1. The number of carbonyl (C=O) groups excluding carboxylic acids is 1. The van der Waals surface area contributed by atoms with Crippen LogP contribution in [0.3, 0.4) is 0 Å². The van der Waals surface area contributed by atoms with Gasteiger partial charge < -0.3 is 19.7 Å². The van der Waals surface area contributed by atoms with Crippen LogP contribution in [0.2, 0.25) is 0 Å². The van der Waals surface area contributed by atoms with Crippen LogP contribution in [-0.4, -0.2) is 57.4 Å². The molecule has 2 N–H and O–H groups in total. The SMILES string of the molecule is CC(=O)N1CCC(O)(C(F)(F)F)CC1.CCC.CCCOc1ccc(-c2ccc3nc(C)[nH]c3c2)cc1CC. The highest BCUT2D eigenvalue weighted by Gasteiger charge is 2.54. The van der Waals surface area contributed by atoms with E-state index in [1.54, 1.807) is 0 Å². The molecule has 39 heavy (non-hydrogen) atoms. The van der Waals surface area contributed by atoms with Crippen molar-refractivity contribution in [3.8, 4) is 16.9 Å². The van der Waals surface area contributed by atoms with Crippen molar-refractivity contribution in [1.82, 2.24) is 14.9 Å². The maximum absolute atomic E-state index is 12.3. The van der Waals surface area contributed by atoms with Crippen molar-refractivity contribution in [3.05, 3.63) is 47.8 Å². The molecule has 1 aliphatic rings. The molecule has 0 bridgehead atoms. The molecule has 0 atom stereocenters. The number of alkyl halides is 3. The Balaban J connectivity index is 0.000000270. The molecule has 0 unspecified atom stereocenters. The van der Waals surface area contributed by atoms with Crippen molar-refractivity contribution < 1.29 is 27.8 Å². The standard InChI is InChI=1S/C19H22N2O.C8H12F3NO2.C3H8/c1-4-10-22-19-9-7-15(11-14(19)5-2)16-6-8-17-18(12-16)21-13(3)20-17;1-6(13)12-4-2-7(14,3-5-12)8(9,10)11;1-3-2/h6-9,11-12H,4-5,10H2,1-3H3,(H,20,21);14H,2-5H2,1H3;3H2,1-2H3. The first-order valence-corrected chi connectivity index (χ1v) is 13.7. The van der Waals surface area contributed by atoms with Crippen molar-refractivity contribution in [2.45, 2.75) is 85.4 Å². The predicted octanol–water partition coefficient (Wildman–Crippen LogP) is 7.23. The molecule has 1 aliphatic heterocycles. The van der Waals surface area contributed by atoms with Gasteiger partial charge in [-0.15, -0.1) is 0 Å². The number of nitrogens with one attached hydrogen (secondary N) is 1. The molecule has 2 aromatic carbocycles. The number of H-pyrrole nitrogens is 1. The first kappa shape index (κ1) is 32.1. The van der Waals surface area contributed by atoms with Gasteiger partial charge in [-0.1, -0.05) is 46.2 Å². The summed E-state index contributed by atoms with van der Waals surface area (Å²) in [7, 11) is 0. The number of nitrogens with zero attached hydrogens (tertiary/aromatic N) is 2. The fourth-order valence-corrected chi connectivity index (χ4v) is 4.18. The molecular formula is C30H42F3N3O3. The van der Waals surface area contributed by atoms with Crippen LogP contribution in [0.1, 0.15) is 71.7 Å². The van der Waals surface area contributed by atoms with Gasteiger partial charge in [0.05, 0.1) is 17.6 Å². The minimum Gasteiger partial charge on any atom is -0.493 e. The number of hydrogen-bond acceptors (Lipinski definition) is 4. The van der Waals surface area contributed by atoms with Crippen molar-refractivity contribution >= 4 is 16.9 Å². The molecule has 3 aromatic rings. The zero-order valence-electron chi connectivity index (χ0n) is 23.9. The summed E-state index contributed by atoms with van der Waals surface area (Å²) < 4.78 is 42.7. The highest BCUT2D eigenvalue weighted by molar-refractivity contribution is 5.82. The number of likely N-dealkylation sites (tertiary alicyclic amines) is 1. The van der Waals surface area contributed by atoms with E-state index in [0.29, 0.717) is 0 Å². The largest absolute Gasteiger partial charge is 0.493 e. The lowest BCUT2D eigenvalue weighted by Crippen LogP contribution is -2.54. The number of amides is 1. The third-order valence-corrected chi connectivity index (χ3v) is 6.40. The number of imidazole rings is 1. The number of aliphatic hydroxyl groups is 1. The third kappa shape index (κ3) is 8.71. The van der Waals surface area contributed by atoms with Crippen LogP contribution in [-0.2, 0) is 11.2 Å². The number of aryl methyl sites for hydroxylation is 2. The van der Waals surface area contributed by atoms with E-state index in [2.05, 4.69) is 74.1 Å². The first-order chi connectivity index (χ1) is 18.4. The second kappa shape index (κ2) is 14.4. The number of aromatic nitrogens is 2. The summed E-state index contributed by atoms with van der Waals surface area (Å²) in [6, 6.07) is 12.8. The van der Waals surface area contributed by atoms with Gasteiger partial charge in [-0.2, -0.15) is 13.2 Å². The van der Waals surface area contributed by atoms with Gasteiger partial charge in [-0.3, -0.25) is 4.79 Å². The number of benzene rings is 2. The fraction of sp³-hybridized carbons (Fsp3) is 0.533. The molecule has 1 saturated heterocycles. The van der Waals surface area contributed by atoms with E-state index in [1.165, 1.54) is 34.9 Å². The zero-order valence-corrected chi connectivity index (χ0v) is 23.9. The lowest BCUT2D eigenvalue weighted by atomic mass is 9.91. The molecule has 1 aromatic heterocycles. The maximum atomic E-state index is 12.3. The minimum absolute atomic E-state index is 0.0364. The van der Waals surface area contributed by atoms with E-state index in [1.807, 2.05) is 6.92 Å². The molecule has 1 amide bonds. The molecule has 0 radical (unpaired) electrons. The summed E-state index contributed by atoms with van der Waals surface area (Å²) in [4.78, 5) is 19.9. The van der Waals surface area contributed by atoms with Crippen LogP contribution in [0, 0.1) is 6.92 Å². The highest BCUT2D eigenvalue weighted by atomic mass is 19.4. The predicted molar refractivity (Wildman–Crippen MR) is 150 cm³/mol. The Bertz CT molecular complexity index is 1200. The number of fused-ring (bicyclic) bond motifs is 1. The molecule has 1 fully saturated rings. The fourth-order valence-electron chi connectivity index (χ4n) is 4.18. The molecule has 0 spiro atoms. The van der Waals surface area contributed by atoms with E-state index < -0.39 is 24.6 Å². The summed E-state index contributed by atoms with van der Waals surface area (Å²) in [6.45, 7) is 12.5. The summed E-state index contributed by atoms with van der Waals surface area (Å²) >= 11 is 0. The first-order valence-electron chi connectivity index (χ1n) is 13.7. The summed E-state index contributed by atoms with van der Waals surface area (Å²) in [5.74, 6) is 1.70. The Hall–Kier alpha value is -3.07. The van der Waals surface area contributed by atoms with Crippen molar-refractivity contribution in [2.75, 3.05) is 19.7 Å². The number of ether oxygens (including phenoxy) is 1. The van der Waals surface area contributed by atoms with E-state index in [9.17, 15) is 23.1 Å². The van der Waals surface area contributed by atoms with E-state index in [0.717, 1.165) is 42.1 Å². The van der Waals surface area contributed by atoms with E-state index in [4.69, 9.17) is 4.74 Å². The second-order valence-electron chi connectivity index (χ2n) is 9.82. The van der Waals surface area contributed by atoms with Gasteiger partial charge in [-0.25, -0.2) is 4.98 Å². The number of aromatic amines is 1. The molecule has 0 aliphatic carbocycles. The maximum Gasteiger partial charge on any atom is 0.417 e. The van der Waals surface area contributed by atoms with Gasteiger partial charge in [-0.05, 0) is 60.7 Å². The van der Waals surface area contributed by atoms with Crippen LogP contribution in [0.4, 0.5) is 13.2 Å². The van der Waals surface area contributed by atoms with Gasteiger partial charge in [0.15, 0.2) is 5.60 Å². The Morgan fingerprint density at radius 1 is 1.08 bits per heavy atom. The van der Waals surface area contributed by atoms with Crippen LogP contribution >= 0.6 is 0 Å². The quantitative estimate of drug-likeness (QED) is 0.352. The molecule has 0 saturated carbocycles. The van der Waals surface area contributed by atoms with Gasteiger partial charge in [0.25, 0.3) is 0 Å². The number of piperidine rings is 1. The lowest BCUT2D eigenvalue weighted by Gasteiger charge is -2.38. The lowest BCUT2D eigenvalue weighted by molar-refractivity contribution is -0.272. The topological polar surface area (TPSA) is 78.5 Å². The molecule has 216 valence electrons.